The summed E-state index contributed by atoms with van der Waals surface area (Å²) >= 11 is 0. The van der Waals surface area contributed by atoms with Gasteiger partial charge in [0.25, 0.3) is 6.20 Å². The van der Waals surface area contributed by atoms with Gasteiger partial charge in [0.2, 0.25) is 5.69 Å². The highest BCUT2D eigenvalue weighted by atomic mass is 16.5. The van der Waals surface area contributed by atoms with Crippen molar-refractivity contribution in [1.29, 1.82) is 0 Å². The second-order valence-corrected chi connectivity index (χ2v) is 3.28. The van der Waals surface area contributed by atoms with E-state index in [9.17, 15) is 4.79 Å². The van der Waals surface area contributed by atoms with Gasteiger partial charge >= 0.3 is 5.63 Å². The molecule has 1 aromatic heterocycles. The summed E-state index contributed by atoms with van der Waals surface area (Å²) < 4.78 is 6.05. The summed E-state index contributed by atoms with van der Waals surface area (Å²) in [5.74, 6) is 5.20. The fraction of sp³-hybridized carbons (Fsp3) is 0.100. The van der Waals surface area contributed by atoms with Crippen LogP contribution in [0.4, 0.5) is 0 Å². The summed E-state index contributed by atoms with van der Waals surface area (Å²) in [6.45, 7) is 1.81. The number of aromatic amines is 1. The molecule has 1 aromatic carbocycles. The number of hydrazone groups is 1. The fourth-order valence-electron chi connectivity index (χ4n) is 1.33. The van der Waals surface area contributed by atoms with Crippen molar-refractivity contribution >= 4 is 5.71 Å². The molecule has 0 saturated carbocycles. The Labute approximate surface area is 90.9 Å². The zero-order chi connectivity index (χ0) is 11.5. The monoisotopic (exact) mass is 219 g/mol. The first-order chi connectivity index (χ1) is 7.70. The Balaban J connectivity index is 2.47. The average Bonchev–Trinajstić information content (AvgIpc) is 2.75. The normalized spacial score (nSPS) is 11.7. The van der Waals surface area contributed by atoms with E-state index in [1.807, 2.05) is 31.2 Å². The van der Waals surface area contributed by atoms with Crippen LogP contribution < -0.4 is 16.2 Å². The van der Waals surface area contributed by atoms with Crippen molar-refractivity contribution in [2.45, 2.75) is 6.92 Å². The van der Waals surface area contributed by atoms with Crippen molar-refractivity contribution in [1.82, 2.24) is 5.27 Å². The van der Waals surface area contributed by atoms with Gasteiger partial charge in [0.05, 0.1) is 5.71 Å². The number of hydrogen-bond acceptors (Lipinski definition) is 4. The predicted octanol–water partition coefficient (Wildman–Crippen LogP) is -0.0727. The summed E-state index contributed by atoms with van der Waals surface area (Å²) in [7, 11) is 0. The molecule has 0 radical (unpaired) electrons. The van der Waals surface area contributed by atoms with Gasteiger partial charge in [0.1, 0.15) is 0 Å². The molecule has 2 rings (SSSR count). The summed E-state index contributed by atoms with van der Waals surface area (Å²) in [6, 6.07) is 7.40. The lowest BCUT2D eigenvalue weighted by Gasteiger charge is -1.97. The van der Waals surface area contributed by atoms with Crippen LogP contribution in [0.2, 0.25) is 0 Å². The molecular weight excluding hydrogens is 208 g/mol. The van der Waals surface area contributed by atoms with Crippen LogP contribution in [0.1, 0.15) is 12.5 Å². The van der Waals surface area contributed by atoms with Gasteiger partial charge in [-0.1, -0.05) is 12.1 Å². The third kappa shape index (κ3) is 1.85. The molecule has 1 heterocycles. The highest BCUT2D eigenvalue weighted by Crippen LogP contribution is 2.05. The molecule has 82 valence electrons. The molecule has 6 heteroatoms. The van der Waals surface area contributed by atoms with Crippen LogP contribution in [-0.4, -0.2) is 11.0 Å². The zero-order valence-corrected chi connectivity index (χ0v) is 8.68. The quantitative estimate of drug-likeness (QED) is 0.320. The molecule has 0 amide bonds. The van der Waals surface area contributed by atoms with E-state index in [1.54, 1.807) is 0 Å². The van der Waals surface area contributed by atoms with E-state index in [-0.39, 0.29) is 0 Å². The van der Waals surface area contributed by atoms with Crippen LogP contribution >= 0.6 is 0 Å². The molecule has 0 aliphatic heterocycles. The van der Waals surface area contributed by atoms with Crippen LogP contribution in [0, 0.1) is 0 Å². The number of benzene rings is 1. The lowest BCUT2D eigenvalue weighted by atomic mass is 10.1. The van der Waals surface area contributed by atoms with Crippen LogP contribution in [0.15, 0.2) is 44.9 Å². The Hall–Kier alpha value is -2.37. The first kappa shape index (κ1) is 10.2. The summed E-state index contributed by atoms with van der Waals surface area (Å²) in [6.07, 6.45) is 1.31. The van der Waals surface area contributed by atoms with Crippen molar-refractivity contribution in [3.8, 4) is 5.69 Å². The average molecular weight is 219 g/mol. The molecule has 6 nitrogen and oxygen atoms in total. The topological polar surface area (TPSA) is 88.3 Å². The van der Waals surface area contributed by atoms with E-state index in [2.05, 4.69) is 14.9 Å². The molecule has 0 aliphatic rings. The van der Waals surface area contributed by atoms with Crippen LogP contribution in [-0.2, 0) is 0 Å². The molecule has 3 N–H and O–H groups in total. The minimum Gasteiger partial charge on any atom is -0.323 e. The Morgan fingerprint density at radius 2 is 2.38 bits per heavy atom. The summed E-state index contributed by atoms with van der Waals surface area (Å²) in [5.41, 5.74) is 1.93. The molecule has 0 spiro atoms. The van der Waals surface area contributed by atoms with Gasteiger partial charge in [-0.3, -0.25) is 4.52 Å². The highest BCUT2D eigenvalue weighted by Gasteiger charge is 2.11. The first-order valence-electron chi connectivity index (χ1n) is 4.66. The standard InChI is InChI=1S/C10H10N4O2/c1-7(12-11)8-3-2-4-9(5-8)14-6-10(15)16-13-14/h2-6H,11H2,1H3/p+1/b12-7+. The van der Waals surface area contributed by atoms with Gasteiger partial charge in [0, 0.05) is 17.7 Å². The second kappa shape index (κ2) is 4.01. The third-order valence-corrected chi connectivity index (χ3v) is 2.21. The molecular formula is C10H11N4O2+. The van der Waals surface area contributed by atoms with Crippen molar-refractivity contribution < 1.29 is 9.20 Å². The van der Waals surface area contributed by atoms with Crippen molar-refractivity contribution in [2.75, 3.05) is 0 Å². The molecule has 0 fully saturated rings. The van der Waals surface area contributed by atoms with E-state index < -0.39 is 5.63 Å². The van der Waals surface area contributed by atoms with Crippen LogP contribution in [0.3, 0.4) is 0 Å². The molecule has 0 bridgehead atoms. The maximum atomic E-state index is 10.9. The van der Waals surface area contributed by atoms with Crippen molar-refractivity contribution in [3.63, 3.8) is 0 Å². The molecule has 0 aliphatic carbocycles. The van der Waals surface area contributed by atoms with E-state index in [0.29, 0.717) is 5.71 Å². The van der Waals surface area contributed by atoms with Crippen LogP contribution in [0.25, 0.3) is 5.69 Å². The van der Waals surface area contributed by atoms with Gasteiger partial charge in [-0.15, -0.1) is 0 Å². The number of rotatable bonds is 2. The fourth-order valence-corrected chi connectivity index (χ4v) is 1.33. The maximum absolute atomic E-state index is 10.9. The molecule has 0 unspecified atom stereocenters. The van der Waals surface area contributed by atoms with E-state index in [0.717, 1.165) is 11.3 Å². The number of nitrogens with one attached hydrogen (secondary N) is 1. The first-order valence-corrected chi connectivity index (χ1v) is 4.66. The summed E-state index contributed by atoms with van der Waals surface area (Å²) in [5, 5.41) is 6.07. The summed E-state index contributed by atoms with van der Waals surface area (Å²) in [4.78, 5) is 10.9. The smallest absolute Gasteiger partial charge is 0.323 e. The second-order valence-electron chi connectivity index (χ2n) is 3.28. The number of nitrogens with two attached hydrogens (primary N) is 1. The van der Waals surface area contributed by atoms with Gasteiger partial charge < -0.3 is 5.84 Å². The molecule has 0 atom stereocenters. The number of aromatic nitrogens is 2. The van der Waals surface area contributed by atoms with E-state index in [4.69, 9.17) is 5.84 Å². The van der Waals surface area contributed by atoms with Crippen LogP contribution in [0.5, 0.6) is 0 Å². The van der Waals surface area contributed by atoms with E-state index in [1.165, 1.54) is 10.9 Å². The SMILES string of the molecule is C/C(=N\N)c1cccc(-[n+]2cc(=O)o[nH]2)c1. The van der Waals surface area contributed by atoms with Crippen molar-refractivity contribution in [3.05, 3.63) is 46.4 Å². The largest absolute Gasteiger partial charge is 0.427 e. The number of nitrogens with zero attached hydrogens (tertiary/aromatic N) is 2. The minimum absolute atomic E-state index is 0.436. The zero-order valence-electron chi connectivity index (χ0n) is 8.68. The maximum Gasteiger partial charge on any atom is 0.427 e. The lowest BCUT2D eigenvalue weighted by molar-refractivity contribution is -0.670. The third-order valence-electron chi connectivity index (χ3n) is 2.21. The minimum atomic E-state index is -0.436. The Kier molecular flexibility index (Phi) is 2.55. The highest BCUT2D eigenvalue weighted by molar-refractivity contribution is 5.98. The van der Waals surface area contributed by atoms with Crippen molar-refractivity contribution in [2.24, 2.45) is 10.9 Å². The van der Waals surface area contributed by atoms with Gasteiger partial charge in [-0.05, 0) is 16.9 Å². The van der Waals surface area contributed by atoms with E-state index >= 15 is 0 Å². The molecule has 0 saturated heterocycles. The molecule has 16 heavy (non-hydrogen) atoms. The Morgan fingerprint density at radius 3 is 3.00 bits per heavy atom. The van der Waals surface area contributed by atoms with Gasteiger partial charge in [-0.2, -0.15) is 5.10 Å². The lowest BCUT2D eigenvalue weighted by Crippen LogP contribution is -2.32. The molecule has 2 aromatic rings. The van der Waals surface area contributed by atoms with Gasteiger partial charge in [0.15, 0.2) is 0 Å². The predicted molar refractivity (Wildman–Crippen MR) is 57.3 cm³/mol. The number of H-pyrrole nitrogens is 1. The Bertz CT molecular complexity index is 582. The van der Waals surface area contributed by atoms with Gasteiger partial charge in [-0.25, -0.2) is 4.79 Å². The number of hydrogen-bond donors (Lipinski definition) is 2. The Morgan fingerprint density at radius 1 is 1.56 bits per heavy atom.